The Labute approximate surface area is 127 Å². The Balaban J connectivity index is 2.01. The third kappa shape index (κ3) is 4.44. The molecular formula is C15H25BN2O3. The maximum Gasteiger partial charge on any atom is 0.488 e. The summed E-state index contributed by atoms with van der Waals surface area (Å²) < 4.78 is 5.37. The van der Waals surface area contributed by atoms with Crippen LogP contribution < -0.4 is 10.2 Å². The first kappa shape index (κ1) is 16.3. The van der Waals surface area contributed by atoms with Crippen LogP contribution in [0.5, 0.6) is 5.75 Å². The predicted octanol–water partition coefficient (Wildman–Crippen LogP) is -0.241. The highest BCUT2D eigenvalue weighted by atomic mass is 16.5. The highest BCUT2D eigenvalue weighted by molar-refractivity contribution is 6.58. The highest BCUT2D eigenvalue weighted by Crippen LogP contribution is 2.20. The van der Waals surface area contributed by atoms with Crippen LogP contribution in [0.1, 0.15) is 12.0 Å². The van der Waals surface area contributed by atoms with Gasteiger partial charge in [0, 0.05) is 25.2 Å². The predicted molar refractivity (Wildman–Crippen MR) is 84.8 cm³/mol. The molecule has 2 rings (SSSR count). The first-order valence-corrected chi connectivity index (χ1v) is 7.39. The molecule has 1 aromatic carbocycles. The summed E-state index contributed by atoms with van der Waals surface area (Å²) in [6.45, 7) is 4.11. The van der Waals surface area contributed by atoms with Crippen molar-refractivity contribution in [1.82, 2.24) is 9.80 Å². The minimum Gasteiger partial charge on any atom is -0.496 e. The molecule has 1 aromatic rings. The first-order chi connectivity index (χ1) is 9.99. The second kappa shape index (κ2) is 7.27. The maximum absolute atomic E-state index is 9.30. The van der Waals surface area contributed by atoms with E-state index in [2.05, 4.69) is 23.9 Å². The summed E-state index contributed by atoms with van der Waals surface area (Å²) in [6.07, 6.45) is 1.24. The van der Waals surface area contributed by atoms with Crippen molar-refractivity contribution in [1.29, 1.82) is 0 Å². The van der Waals surface area contributed by atoms with Gasteiger partial charge in [-0.2, -0.15) is 0 Å². The third-order valence-electron chi connectivity index (χ3n) is 4.10. The zero-order chi connectivity index (χ0) is 15.4. The van der Waals surface area contributed by atoms with Gasteiger partial charge in [0.2, 0.25) is 0 Å². The van der Waals surface area contributed by atoms with Crippen LogP contribution in [0.25, 0.3) is 0 Å². The molecule has 6 heteroatoms. The second-order valence-electron chi connectivity index (χ2n) is 6.06. The van der Waals surface area contributed by atoms with Gasteiger partial charge in [-0.05, 0) is 44.5 Å². The lowest BCUT2D eigenvalue weighted by Crippen LogP contribution is -2.31. The van der Waals surface area contributed by atoms with Crippen LogP contribution in [0, 0.1) is 5.92 Å². The van der Waals surface area contributed by atoms with Crippen LogP contribution in [-0.2, 0) is 6.54 Å². The molecule has 2 N–H and O–H groups in total. The van der Waals surface area contributed by atoms with Crippen LogP contribution in [-0.4, -0.2) is 67.8 Å². The summed E-state index contributed by atoms with van der Waals surface area (Å²) >= 11 is 0. The molecule has 1 atom stereocenters. The lowest BCUT2D eigenvalue weighted by Gasteiger charge is -2.22. The fourth-order valence-electron chi connectivity index (χ4n) is 3.05. The van der Waals surface area contributed by atoms with Gasteiger partial charge in [0.05, 0.1) is 7.11 Å². The Bertz CT molecular complexity index is 470. The smallest absolute Gasteiger partial charge is 0.488 e. The number of hydrogen-bond donors (Lipinski definition) is 2. The van der Waals surface area contributed by atoms with Gasteiger partial charge in [-0.25, -0.2) is 0 Å². The van der Waals surface area contributed by atoms with Crippen LogP contribution in [0.3, 0.4) is 0 Å². The molecule has 116 valence electrons. The van der Waals surface area contributed by atoms with Crippen molar-refractivity contribution in [3.8, 4) is 5.75 Å². The molecule has 1 unspecified atom stereocenters. The van der Waals surface area contributed by atoms with Crippen molar-refractivity contribution in [2.75, 3.05) is 40.8 Å². The third-order valence-corrected chi connectivity index (χ3v) is 4.10. The van der Waals surface area contributed by atoms with Gasteiger partial charge < -0.3 is 24.6 Å². The first-order valence-electron chi connectivity index (χ1n) is 7.39. The van der Waals surface area contributed by atoms with Gasteiger partial charge >= 0.3 is 7.12 Å². The fourth-order valence-corrected chi connectivity index (χ4v) is 3.05. The summed E-state index contributed by atoms with van der Waals surface area (Å²) in [6, 6.07) is 5.28. The Kier molecular flexibility index (Phi) is 5.64. The standard InChI is InChI=1S/C15H25BN2O3/c1-17-7-6-12(9-17)10-18(2)11-13-8-14(16(19)20)4-5-15(13)21-3/h4-5,8,12,19-20H,6-7,9-11H2,1-3H3. The molecule has 1 aliphatic heterocycles. The normalized spacial score (nSPS) is 19.2. The molecule has 0 radical (unpaired) electrons. The summed E-state index contributed by atoms with van der Waals surface area (Å²) in [7, 11) is 4.46. The molecular weight excluding hydrogens is 267 g/mol. The van der Waals surface area contributed by atoms with E-state index in [-0.39, 0.29) is 0 Å². The number of benzene rings is 1. The molecule has 0 bridgehead atoms. The minimum atomic E-state index is -1.44. The van der Waals surface area contributed by atoms with Crippen molar-refractivity contribution in [3.63, 3.8) is 0 Å². The largest absolute Gasteiger partial charge is 0.496 e. The Morgan fingerprint density at radius 2 is 2.19 bits per heavy atom. The molecule has 0 saturated carbocycles. The average Bonchev–Trinajstić information content (AvgIpc) is 2.83. The summed E-state index contributed by atoms with van der Waals surface area (Å²) in [5, 5.41) is 18.6. The minimum absolute atomic E-state index is 0.500. The van der Waals surface area contributed by atoms with Gasteiger partial charge in [0.25, 0.3) is 0 Å². The lowest BCUT2D eigenvalue weighted by atomic mass is 9.79. The molecule has 1 saturated heterocycles. The Hall–Kier alpha value is -1.08. The average molecular weight is 292 g/mol. The number of nitrogens with zero attached hydrogens (tertiary/aromatic N) is 2. The van der Waals surface area contributed by atoms with E-state index >= 15 is 0 Å². The van der Waals surface area contributed by atoms with E-state index < -0.39 is 7.12 Å². The van der Waals surface area contributed by atoms with E-state index in [0.29, 0.717) is 11.4 Å². The molecule has 0 spiro atoms. The van der Waals surface area contributed by atoms with Gasteiger partial charge in [-0.15, -0.1) is 0 Å². The van der Waals surface area contributed by atoms with Crippen molar-refractivity contribution >= 4 is 12.6 Å². The zero-order valence-electron chi connectivity index (χ0n) is 13.1. The van der Waals surface area contributed by atoms with Gasteiger partial charge in [0.1, 0.15) is 5.75 Å². The van der Waals surface area contributed by atoms with Crippen molar-refractivity contribution in [2.45, 2.75) is 13.0 Å². The Morgan fingerprint density at radius 1 is 1.43 bits per heavy atom. The van der Waals surface area contributed by atoms with E-state index in [1.165, 1.54) is 13.0 Å². The second-order valence-corrected chi connectivity index (χ2v) is 6.06. The number of likely N-dealkylation sites (tertiary alicyclic amines) is 1. The number of rotatable bonds is 6. The molecule has 21 heavy (non-hydrogen) atoms. The quantitative estimate of drug-likeness (QED) is 0.709. The zero-order valence-corrected chi connectivity index (χ0v) is 13.1. The van der Waals surface area contributed by atoms with Crippen LogP contribution >= 0.6 is 0 Å². The van der Waals surface area contributed by atoms with Gasteiger partial charge in [-0.1, -0.05) is 12.1 Å². The SMILES string of the molecule is COc1ccc(B(O)O)cc1CN(C)CC1CCN(C)C1. The van der Waals surface area contributed by atoms with E-state index in [1.54, 1.807) is 25.3 Å². The molecule has 1 fully saturated rings. The van der Waals surface area contributed by atoms with E-state index in [1.807, 2.05) is 0 Å². The van der Waals surface area contributed by atoms with Crippen LogP contribution in [0.15, 0.2) is 18.2 Å². The van der Waals surface area contributed by atoms with E-state index in [9.17, 15) is 10.0 Å². The number of methoxy groups -OCH3 is 1. The van der Waals surface area contributed by atoms with E-state index in [0.717, 1.165) is 30.9 Å². The Morgan fingerprint density at radius 3 is 2.76 bits per heavy atom. The van der Waals surface area contributed by atoms with Crippen molar-refractivity contribution < 1.29 is 14.8 Å². The molecule has 5 nitrogen and oxygen atoms in total. The van der Waals surface area contributed by atoms with Crippen molar-refractivity contribution in [3.05, 3.63) is 23.8 Å². The molecule has 0 aliphatic carbocycles. The summed E-state index contributed by atoms with van der Waals surface area (Å²) in [4.78, 5) is 4.64. The molecule has 1 aliphatic rings. The lowest BCUT2D eigenvalue weighted by molar-refractivity contribution is 0.263. The summed E-state index contributed by atoms with van der Waals surface area (Å²) in [5.41, 5.74) is 1.48. The van der Waals surface area contributed by atoms with Crippen LogP contribution in [0.2, 0.25) is 0 Å². The topological polar surface area (TPSA) is 56.2 Å². The molecule has 0 aromatic heterocycles. The van der Waals surface area contributed by atoms with Gasteiger partial charge in [0.15, 0.2) is 0 Å². The highest BCUT2D eigenvalue weighted by Gasteiger charge is 2.21. The molecule has 1 heterocycles. The number of hydrogen-bond acceptors (Lipinski definition) is 5. The van der Waals surface area contributed by atoms with E-state index in [4.69, 9.17) is 4.74 Å². The fraction of sp³-hybridized carbons (Fsp3) is 0.600. The summed E-state index contributed by atoms with van der Waals surface area (Å²) in [5.74, 6) is 1.49. The van der Waals surface area contributed by atoms with Gasteiger partial charge in [-0.3, -0.25) is 0 Å². The maximum atomic E-state index is 9.30. The van der Waals surface area contributed by atoms with Crippen molar-refractivity contribution in [2.24, 2.45) is 5.92 Å². The molecule has 0 amide bonds. The number of ether oxygens (including phenoxy) is 1. The monoisotopic (exact) mass is 292 g/mol. The van der Waals surface area contributed by atoms with Crippen LogP contribution in [0.4, 0.5) is 0 Å².